The molecule has 9 nitrogen and oxygen atoms in total. The Hall–Kier alpha value is -0.540. The minimum atomic E-state index is -4.92. The fourth-order valence-electron chi connectivity index (χ4n) is 1.44. The molecule has 0 aromatic rings. The van der Waals surface area contributed by atoms with E-state index >= 15 is 0 Å². The monoisotopic (exact) mass is 270 g/mol. The van der Waals surface area contributed by atoms with Gasteiger partial charge in [-0.25, -0.2) is 0 Å². The first-order chi connectivity index (χ1) is 7.70. The van der Waals surface area contributed by atoms with E-state index in [1.807, 2.05) is 0 Å². The van der Waals surface area contributed by atoms with Crippen molar-refractivity contribution in [3.63, 3.8) is 0 Å². The molecule has 0 bridgehead atoms. The molecule has 17 heavy (non-hydrogen) atoms. The van der Waals surface area contributed by atoms with E-state index in [4.69, 9.17) is 9.63 Å². The molecule has 5 atom stereocenters. The summed E-state index contributed by atoms with van der Waals surface area (Å²) in [6, 6.07) is -1.08. The van der Waals surface area contributed by atoms with Crippen molar-refractivity contribution in [3.05, 3.63) is 0 Å². The topological polar surface area (TPSA) is 148 Å². The highest BCUT2D eigenvalue weighted by Gasteiger charge is 2.43. The fraction of sp³-hybridized carbons (Fsp3) is 0.857. The van der Waals surface area contributed by atoms with Crippen molar-refractivity contribution in [1.29, 1.82) is 0 Å². The number of carbonyl (C=O) groups excluding carboxylic acids is 1. The first kappa shape index (κ1) is 14.5. The predicted octanol–water partition coefficient (Wildman–Crippen LogP) is -2.95. The molecule has 0 spiro atoms. The summed E-state index contributed by atoms with van der Waals surface area (Å²) in [6.07, 6.45) is -4.00. The van der Waals surface area contributed by atoms with E-state index in [9.17, 15) is 24.5 Å². The Bertz CT molecular complexity index is 330. The van der Waals surface area contributed by atoms with E-state index in [2.05, 4.69) is 9.84 Å². The number of hydrogen-bond donors (Lipinski definition) is 4. The van der Waals surface area contributed by atoms with Crippen LogP contribution in [0.1, 0.15) is 6.92 Å². The van der Waals surface area contributed by atoms with Gasteiger partial charge in [-0.1, -0.05) is 0 Å². The molecule has 10 heteroatoms. The highest BCUT2D eigenvalue weighted by atomic mass is 31.2. The highest BCUT2D eigenvalue weighted by molar-refractivity contribution is 7.44. The SMILES string of the molecule is CC(=O)NC1C(O)[C@@H](COP(=O)([O-])O)O[C@H]1O. The van der Waals surface area contributed by atoms with Crippen LogP contribution in [-0.4, -0.2) is 52.2 Å². The maximum absolute atomic E-state index is 10.8. The van der Waals surface area contributed by atoms with Gasteiger partial charge in [-0.2, -0.15) is 0 Å². The van der Waals surface area contributed by atoms with Crippen LogP contribution in [0.5, 0.6) is 0 Å². The molecule has 4 N–H and O–H groups in total. The summed E-state index contributed by atoms with van der Waals surface area (Å²) < 4.78 is 19.1. The second-order valence-corrected chi connectivity index (χ2v) is 4.74. The van der Waals surface area contributed by atoms with Crippen LogP contribution in [0.4, 0.5) is 0 Å². The number of hydrogen-bond acceptors (Lipinski definition) is 7. The van der Waals surface area contributed by atoms with Crippen LogP contribution in [0.15, 0.2) is 0 Å². The Morgan fingerprint density at radius 1 is 1.59 bits per heavy atom. The van der Waals surface area contributed by atoms with Crippen molar-refractivity contribution >= 4 is 13.7 Å². The molecule has 1 fully saturated rings. The van der Waals surface area contributed by atoms with Gasteiger partial charge in [-0.15, -0.1) is 0 Å². The summed E-state index contributed by atoms with van der Waals surface area (Å²) >= 11 is 0. The Morgan fingerprint density at radius 3 is 2.65 bits per heavy atom. The van der Waals surface area contributed by atoms with Crippen LogP contribution in [0, 0.1) is 0 Å². The molecule has 100 valence electrons. The van der Waals surface area contributed by atoms with Gasteiger partial charge < -0.3 is 34.6 Å². The molecule has 1 heterocycles. The van der Waals surface area contributed by atoms with E-state index in [1.165, 1.54) is 6.92 Å². The number of ether oxygens (including phenoxy) is 1. The second-order valence-electron chi connectivity index (χ2n) is 3.55. The second kappa shape index (κ2) is 5.40. The third kappa shape index (κ3) is 4.32. The smallest absolute Gasteiger partial charge is 0.265 e. The zero-order valence-electron chi connectivity index (χ0n) is 8.85. The van der Waals surface area contributed by atoms with E-state index in [1.54, 1.807) is 0 Å². The molecule has 1 rings (SSSR count). The maximum atomic E-state index is 10.8. The van der Waals surface area contributed by atoms with Crippen molar-refractivity contribution in [2.24, 2.45) is 0 Å². The predicted molar refractivity (Wildman–Crippen MR) is 50.3 cm³/mol. The molecular formula is C7H13NO8P-. The number of rotatable bonds is 4. The Balaban J connectivity index is 2.55. The zero-order chi connectivity index (χ0) is 13.2. The third-order valence-corrected chi connectivity index (χ3v) is 2.62. The molecular weight excluding hydrogens is 257 g/mol. The zero-order valence-corrected chi connectivity index (χ0v) is 9.74. The van der Waals surface area contributed by atoms with E-state index in [-0.39, 0.29) is 0 Å². The summed E-state index contributed by atoms with van der Waals surface area (Å²) in [6.45, 7) is 0.522. The molecule has 0 aliphatic carbocycles. The van der Waals surface area contributed by atoms with E-state index < -0.39 is 44.9 Å². The van der Waals surface area contributed by atoms with Gasteiger partial charge in [-0.05, 0) is 0 Å². The van der Waals surface area contributed by atoms with Gasteiger partial charge in [0.2, 0.25) is 5.91 Å². The molecule has 3 unspecified atom stereocenters. The molecule has 0 radical (unpaired) electrons. The first-order valence-corrected chi connectivity index (χ1v) is 6.17. The molecule has 1 amide bonds. The minimum Gasteiger partial charge on any atom is -0.756 e. The van der Waals surface area contributed by atoms with Gasteiger partial charge in [0.15, 0.2) is 6.29 Å². The molecule has 1 aliphatic rings. The van der Waals surface area contributed by atoms with Crippen LogP contribution < -0.4 is 10.2 Å². The number of aliphatic hydroxyl groups excluding tert-OH is 2. The largest absolute Gasteiger partial charge is 0.756 e. The average Bonchev–Trinajstić information content (AvgIpc) is 2.41. The van der Waals surface area contributed by atoms with Crippen molar-refractivity contribution in [1.82, 2.24) is 5.32 Å². The lowest BCUT2D eigenvalue weighted by Gasteiger charge is -2.20. The van der Waals surface area contributed by atoms with Crippen LogP contribution in [0.2, 0.25) is 0 Å². The van der Waals surface area contributed by atoms with Crippen molar-refractivity contribution < 1.29 is 38.6 Å². The van der Waals surface area contributed by atoms with E-state index in [0.29, 0.717) is 0 Å². The maximum Gasteiger partial charge on any atom is 0.265 e. The first-order valence-electron chi connectivity index (χ1n) is 4.68. The highest BCUT2D eigenvalue weighted by Crippen LogP contribution is 2.32. The summed E-state index contributed by atoms with van der Waals surface area (Å²) in [5, 5.41) is 21.2. The Kier molecular flexibility index (Phi) is 4.62. The van der Waals surface area contributed by atoms with Crippen LogP contribution >= 0.6 is 7.82 Å². The van der Waals surface area contributed by atoms with Crippen LogP contribution in [-0.2, 0) is 18.6 Å². The summed E-state index contributed by atoms with van der Waals surface area (Å²) in [7, 11) is -4.92. The van der Waals surface area contributed by atoms with Crippen molar-refractivity contribution in [2.75, 3.05) is 6.61 Å². The molecule has 1 saturated heterocycles. The lowest BCUT2D eigenvalue weighted by Crippen LogP contribution is -2.47. The van der Waals surface area contributed by atoms with Crippen LogP contribution in [0.25, 0.3) is 0 Å². The normalized spacial score (nSPS) is 36.5. The van der Waals surface area contributed by atoms with Gasteiger partial charge >= 0.3 is 0 Å². The number of aliphatic hydroxyl groups is 2. The summed E-state index contributed by atoms with van der Waals surface area (Å²) in [4.78, 5) is 29.4. The number of phosphoric acid groups is 1. The average molecular weight is 270 g/mol. The lowest BCUT2D eigenvalue weighted by atomic mass is 10.1. The molecule has 0 saturated carbocycles. The minimum absolute atomic E-state index is 0.491. The molecule has 0 aromatic heterocycles. The number of nitrogens with one attached hydrogen (secondary N) is 1. The van der Waals surface area contributed by atoms with Gasteiger partial charge in [0.05, 0.1) is 6.61 Å². The lowest BCUT2D eigenvalue weighted by molar-refractivity contribution is -0.223. The van der Waals surface area contributed by atoms with Gasteiger partial charge in [0, 0.05) is 6.92 Å². The van der Waals surface area contributed by atoms with Gasteiger partial charge in [0.1, 0.15) is 18.2 Å². The third-order valence-electron chi connectivity index (χ3n) is 2.14. The Morgan fingerprint density at radius 2 is 2.18 bits per heavy atom. The fourth-order valence-corrected chi connectivity index (χ4v) is 1.78. The van der Waals surface area contributed by atoms with E-state index in [0.717, 1.165) is 0 Å². The molecule has 0 aromatic carbocycles. The molecule has 1 aliphatic heterocycles. The summed E-state index contributed by atoms with van der Waals surface area (Å²) in [5.41, 5.74) is 0. The van der Waals surface area contributed by atoms with Crippen molar-refractivity contribution in [2.45, 2.75) is 31.5 Å². The van der Waals surface area contributed by atoms with Crippen molar-refractivity contribution in [3.8, 4) is 0 Å². The van der Waals surface area contributed by atoms with Crippen LogP contribution in [0.3, 0.4) is 0 Å². The van der Waals surface area contributed by atoms with Gasteiger partial charge in [0.25, 0.3) is 7.82 Å². The number of carbonyl (C=O) groups is 1. The Labute approximate surface area is 96.6 Å². The summed E-state index contributed by atoms with van der Waals surface area (Å²) in [5.74, 6) is -0.491. The van der Waals surface area contributed by atoms with Gasteiger partial charge in [-0.3, -0.25) is 9.36 Å². The number of amides is 1. The quantitative estimate of drug-likeness (QED) is 0.396. The number of phosphoric ester groups is 1. The standard InChI is InChI=1S/C7H14NO8P/c1-3(9)8-5-6(10)4(16-7(5)11)2-15-17(12,13)14/h4-7,10-11H,2H2,1H3,(H,8,9)(H2,12,13,14)/p-1/t4-,5?,6?,7-/m1/s1.